The van der Waals surface area contributed by atoms with E-state index < -0.39 is 0 Å². The fraction of sp³-hybridized carbons (Fsp3) is 1.00. The number of methoxy groups -OCH3 is 1. The molecule has 0 aromatic carbocycles. The van der Waals surface area contributed by atoms with E-state index in [0.29, 0.717) is 12.1 Å². The van der Waals surface area contributed by atoms with Crippen LogP contribution >= 0.6 is 0 Å². The second-order valence-electron chi connectivity index (χ2n) is 5.38. The van der Waals surface area contributed by atoms with Gasteiger partial charge in [0.1, 0.15) is 0 Å². The average molecular weight is 211 g/mol. The monoisotopic (exact) mass is 211 g/mol. The lowest BCUT2D eigenvalue weighted by atomic mass is 9.82. The molecule has 2 aliphatic carbocycles. The van der Waals surface area contributed by atoms with Crippen LogP contribution in [0.2, 0.25) is 0 Å². The van der Waals surface area contributed by atoms with Crippen LogP contribution in [0.15, 0.2) is 0 Å². The van der Waals surface area contributed by atoms with Crippen LogP contribution in [0.5, 0.6) is 0 Å². The summed E-state index contributed by atoms with van der Waals surface area (Å²) in [7, 11) is 1.82. The fourth-order valence-corrected chi connectivity index (χ4v) is 3.04. The molecule has 0 aliphatic heterocycles. The van der Waals surface area contributed by atoms with E-state index >= 15 is 0 Å². The Hall–Kier alpha value is -0.0800. The molecule has 2 nitrogen and oxygen atoms in total. The maximum atomic E-state index is 5.30. The molecule has 2 heteroatoms. The van der Waals surface area contributed by atoms with Crippen molar-refractivity contribution >= 4 is 0 Å². The Morgan fingerprint density at radius 3 is 2.40 bits per heavy atom. The van der Waals surface area contributed by atoms with E-state index in [9.17, 15) is 0 Å². The van der Waals surface area contributed by atoms with Crippen molar-refractivity contribution in [1.29, 1.82) is 0 Å². The van der Waals surface area contributed by atoms with Crippen molar-refractivity contribution in [1.82, 2.24) is 5.32 Å². The molecule has 2 rings (SSSR count). The summed E-state index contributed by atoms with van der Waals surface area (Å²) in [5.41, 5.74) is 0. The summed E-state index contributed by atoms with van der Waals surface area (Å²) >= 11 is 0. The molecule has 0 aromatic rings. The zero-order valence-corrected chi connectivity index (χ0v) is 10.2. The predicted molar refractivity (Wildman–Crippen MR) is 63.0 cm³/mol. The second-order valence-corrected chi connectivity index (χ2v) is 5.38. The van der Waals surface area contributed by atoms with Crippen LogP contribution in [0.1, 0.15) is 51.9 Å². The van der Waals surface area contributed by atoms with Crippen LogP contribution < -0.4 is 5.32 Å². The molecule has 0 unspecified atom stereocenters. The molecule has 2 saturated carbocycles. The molecule has 2 fully saturated rings. The van der Waals surface area contributed by atoms with Gasteiger partial charge >= 0.3 is 0 Å². The Kier molecular flexibility index (Phi) is 4.04. The van der Waals surface area contributed by atoms with Crippen molar-refractivity contribution in [2.24, 2.45) is 5.92 Å². The van der Waals surface area contributed by atoms with Gasteiger partial charge in [-0.2, -0.15) is 0 Å². The Bertz CT molecular complexity index is 183. The summed E-state index contributed by atoms with van der Waals surface area (Å²) in [5.74, 6) is 0.931. The smallest absolute Gasteiger partial charge is 0.0601 e. The lowest BCUT2D eigenvalue weighted by molar-refractivity contribution is 0.0118. The van der Waals surface area contributed by atoms with E-state index in [0.717, 1.165) is 12.0 Å². The first kappa shape index (κ1) is 11.4. The van der Waals surface area contributed by atoms with E-state index in [1.807, 2.05) is 7.11 Å². The van der Waals surface area contributed by atoms with Gasteiger partial charge in [-0.15, -0.1) is 0 Å². The first-order chi connectivity index (χ1) is 7.29. The van der Waals surface area contributed by atoms with Crippen molar-refractivity contribution < 1.29 is 4.74 Å². The van der Waals surface area contributed by atoms with E-state index in [2.05, 4.69) is 12.2 Å². The van der Waals surface area contributed by atoms with E-state index in [4.69, 9.17) is 4.74 Å². The van der Waals surface area contributed by atoms with E-state index in [1.165, 1.54) is 44.9 Å². The molecule has 1 atom stereocenters. The molecule has 2 aliphatic rings. The molecule has 0 radical (unpaired) electrons. The van der Waals surface area contributed by atoms with Gasteiger partial charge in [-0.3, -0.25) is 0 Å². The molecule has 0 bridgehead atoms. The summed E-state index contributed by atoms with van der Waals surface area (Å²) in [6, 6.07) is 1.44. The minimum atomic E-state index is 0.529. The van der Waals surface area contributed by atoms with Gasteiger partial charge in [0.2, 0.25) is 0 Å². The lowest BCUT2D eigenvalue weighted by Gasteiger charge is -2.39. The third-order valence-electron chi connectivity index (χ3n) is 4.28. The number of nitrogens with one attached hydrogen (secondary N) is 1. The predicted octanol–water partition coefficient (Wildman–Crippen LogP) is 2.72. The van der Waals surface area contributed by atoms with Gasteiger partial charge in [0.15, 0.2) is 0 Å². The number of hydrogen-bond acceptors (Lipinski definition) is 2. The lowest BCUT2D eigenvalue weighted by Crippen LogP contribution is -2.50. The Balaban J connectivity index is 1.66. The van der Waals surface area contributed by atoms with Crippen LogP contribution in [0.3, 0.4) is 0 Å². The van der Waals surface area contributed by atoms with Gasteiger partial charge in [-0.05, 0) is 38.5 Å². The van der Waals surface area contributed by atoms with Crippen LogP contribution in [0, 0.1) is 5.92 Å². The molecule has 1 N–H and O–H groups in total. The van der Waals surface area contributed by atoms with Crippen molar-refractivity contribution in [2.75, 3.05) is 7.11 Å². The summed E-state index contributed by atoms with van der Waals surface area (Å²) in [6.45, 7) is 2.37. The summed E-state index contributed by atoms with van der Waals surface area (Å²) in [6.07, 6.45) is 10.2. The van der Waals surface area contributed by atoms with E-state index in [1.54, 1.807) is 0 Å². The summed E-state index contributed by atoms with van der Waals surface area (Å²) < 4.78 is 5.30. The fourth-order valence-electron chi connectivity index (χ4n) is 3.04. The van der Waals surface area contributed by atoms with Crippen LogP contribution in [-0.4, -0.2) is 25.3 Å². The maximum absolute atomic E-state index is 5.30. The SMILES string of the molecule is COC1CC(N[C@H](C)C2CCCCC2)C1. The molecular formula is C13H25NO. The standard InChI is InChI=1S/C13H25NO/c1-10(11-6-4-3-5-7-11)14-12-8-13(9-12)15-2/h10-14H,3-9H2,1-2H3/t10-,12?,13?/m1/s1. The number of hydrogen-bond donors (Lipinski definition) is 1. The van der Waals surface area contributed by atoms with Crippen molar-refractivity contribution in [3.8, 4) is 0 Å². The molecule has 15 heavy (non-hydrogen) atoms. The third kappa shape index (κ3) is 2.94. The van der Waals surface area contributed by atoms with Gasteiger partial charge < -0.3 is 10.1 Å². The molecule has 0 spiro atoms. The van der Waals surface area contributed by atoms with Gasteiger partial charge in [-0.1, -0.05) is 19.3 Å². The Morgan fingerprint density at radius 2 is 1.80 bits per heavy atom. The van der Waals surface area contributed by atoms with Gasteiger partial charge in [0.25, 0.3) is 0 Å². The molecule has 0 saturated heterocycles. The maximum Gasteiger partial charge on any atom is 0.0601 e. The van der Waals surface area contributed by atoms with E-state index in [-0.39, 0.29) is 0 Å². The highest BCUT2D eigenvalue weighted by Gasteiger charge is 2.31. The molecule has 0 aromatic heterocycles. The molecule has 0 amide bonds. The highest BCUT2D eigenvalue weighted by Crippen LogP contribution is 2.29. The highest BCUT2D eigenvalue weighted by molar-refractivity contribution is 4.89. The zero-order valence-electron chi connectivity index (χ0n) is 10.2. The quantitative estimate of drug-likeness (QED) is 0.772. The minimum absolute atomic E-state index is 0.529. The number of ether oxygens (including phenoxy) is 1. The largest absolute Gasteiger partial charge is 0.381 e. The minimum Gasteiger partial charge on any atom is -0.381 e. The Morgan fingerprint density at radius 1 is 1.13 bits per heavy atom. The topological polar surface area (TPSA) is 21.3 Å². The highest BCUT2D eigenvalue weighted by atomic mass is 16.5. The average Bonchev–Trinajstić information content (AvgIpc) is 2.23. The first-order valence-electron chi connectivity index (χ1n) is 6.58. The van der Waals surface area contributed by atoms with Crippen LogP contribution in [-0.2, 0) is 4.74 Å². The Labute approximate surface area is 93.8 Å². The van der Waals surface area contributed by atoms with Gasteiger partial charge in [-0.25, -0.2) is 0 Å². The number of rotatable bonds is 4. The normalized spacial score (nSPS) is 34.8. The third-order valence-corrected chi connectivity index (χ3v) is 4.28. The van der Waals surface area contributed by atoms with Crippen molar-refractivity contribution in [3.05, 3.63) is 0 Å². The van der Waals surface area contributed by atoms with Crippen LogP contribution in [0.4, 0.5) is 0 Å². The van der Waals surface area contributed by atoms with Crippen LogP contribution in [0.25, 0.3) is 0 Å². The molecule has 0 heterocycles. The summed E-state index contributed by atoms with van der Waals surface area (Å²) in [5, 5.41) is 3.77. The molecule has 88 valence electrons. The van der Waals surface area contributed by atoms with Gasteiger partial charge in [0.05, 0.1) is 6.10 Å². The van der Waals surface area contributed by atoms with Crippen molar-refractivity contribution in [2.45, 2.75) is 70.1 Å². The molecular weight excluding hydrogens is 186 g/mol. The zero-order chi connectivity index (χ0) is 10.7. The summed E-state index contributed by atoms with van der Waals surface area (Å²) in [4.78, 5) is 0. The second kappa shape index (κ2) is 5.31. The first-order valence-corrected chi connectivity index (χ1v) is 6.58. The van der Waals surface area contributed by atoms with Gasteiger partial charge in [0, 0.05) is 19.2 Å². The van der Waals surface area contributed by atoms with Crippen molar-refractivity contribution in [3.63, 3.8) is 0 Å².